The number of benzene rings is 2. The van der Waals surface area contributed by atoms with E-state index in [0.717, 1.165) is 6.07 Å². The molecule has 2 rings (SSSR count). The second kappa shape index (κ2) is 5.53. The molecule has 1 N–H and O–H groups in total. The highest BCUT2D eigenvalue weighted by molar-refractivity contribution is 5.48. The Morgan fingerprint density at radius 2 is 1.65 bits per heavy atom. The minimum absolute atomic E-state index is 0.0851. The summed E-state index contributed by atoms with van der Waals surface area (Å²) in [6.45, 7) is 1.62. The van der Waals surface area contributed by atoms with E-state index in [9.17, 15) is 17.6 Å². The highest BCUT2D eigenvalue weighted by Crippen LogP contribution is 2.35. The molecule has 0 radical (unpaired) electrons. The van der Waals surface area contributed by atoms with E-state index in [1.54, 1.807) is 13.0 Å². The molecule has 0 spiro atoms. The van der Waals surface area contributed by atoms with Gasteiger partial charge in [0, 0.05) is 5.69 Å². The summed E-state index contributed by atoms with van der Waals surface area (Å²) in [5, 5.41) is 2.35. The molecule has 0 aromatic heterocycles. The number of hydrogen-bond acceptors (Lipinski definition) is 1. The van der Waals surface area contributed by atoms with E-state index < -0.39 is 18.0 Å². The van der Waals surface area contributed by atoms with E-state index in [2.05, 4.69) is 5.32 Å². The second-order valence-electron chi connectivity index (χ2n) is 4.55. The number of halogens is 4. The smallest absolute Gasteiger partial charge is 0.370 e. The van der Waals surface area contributed by atoms with Crippen molar-refractivity contribution in [2.24, 2.45) is 0 Å². The van der Waals surface area contributed by atoms with Crippen molar-refractivity contribution < 1.29 is 17.6 Å². The largest absolute Gasteiger partial charge is 0.412 e. The second-order valence-corrected chi connectivity index (χ2v) is 4.55. The van der Waals surface area contributed by atoms with E-state index in [1.807, 2.05) is 0 Å². The summed E-state index contributed by atoms with van der Waals surface area (Å²) in [5.74, 6) is -0.568. The predicted molar refractivity (Wildman–Crippen MR) is 70.0 cm³/mol. The van der Waals surface area contributed by atoms with Crippen molar-refractivity contribution in [2.75, 3.05) is 5.32 Å². The average Bonchev–Trinajstić information content (AvgIpc) is 2.34. The third-order valence-electron chi connectivity index (χ3n) is 2.81. The van der Waals surface area contributed by atoms with Crippen LogP contribution in [0.25, 0.3) is 0 Å². The van der Waals surface area contributed by atoms with Crippen LogP contribution in [0.2, 0.25) is 0 Å². The lowest BCUT2D eigenvalue weighted by Gasteiger charge is -2.23. The van der Waals surface area contributed by atoms with Gasteiger partial charge in [0.25, 0.3) is 0 Å². The molecule has 20 heavy (non-hydrogen) atoms. The first kappa shape index (κ1) is 14.4. The van der Waals surface area contributed by atoms with Crippen LogP contribution >= 0.6 is 0 Å². The molecular weight excluding hydrogens is 270 g/mol. The van der Waals surface area contributed by atoms with Crippen molar-refractivity contribution in [1.29, 1.82) is 0 Å². The van der Waals surface area contributed by atoms with Crippen LogP contribution in [0, 0.1) is 12.7 Å². The number of alkyl halides is 3. The number of hydrogen-bond donors (Lipinski definition) is 1. The normalized spacial score (nSPS) is 13.1. The van der Waals surface area contributed by atoms with Crippen LogP contribution in [0.4, 0.5) is 23.2 Å². The fourth-order valence-electron chi connectivity index (χ4n) is 1.99. The minimum Gasteiger partial charge on any atom is -0.370 e. The summed E-state index contributed by atoms with van der Waals surface area (Å²) < 4.78 is 52.7. The molecule has 2 aromatic rings. The van der Waals surface area contributed by atoms with Crippen LogP contribution in [0.3, 0.4) is 0 Å². The Labute approximate surface area is 114 Å². The Hall–Kier alpha value is -2.04. The lowest BCUT2D eigenvalue weighted by Crippen LogP contribution is -2.27. The molecule has 0 saturated carbocycles. The van der Waals surface area contributed by atoms with E-state index in [4.69, 9.17) is 0 Å². The third-order valence-corrected chi connectivity index (χ3v) is 2.81. The molecule has 2 aromatic carbocycles. The van der Waals surface area contributed by atoms with Gasteiger partial charge >= 0.3 is 6.18 Å². The molecule has 0 heterocycles. The minimum atomic E-state index is -4.47. The van der Waals surface area contributed by atoms with Gasteiger partial charge in [-0.1, -0.05) is 30.3 Å². The van der Waals surface area contributed by atoms with Gasteiger partial charge in [-0.3, -0.25) is 0 Å². The molecule has 0 fully saturated rings. The molecule has 5 heteroatoms. The fourth-order valence-corrected chi connectivity index (χ4v) is 1.99. The molecule has 1 nitrogen and oxygen atoms in total. The fraction of sp³-hybridized carbons (Fsp3) is 0.200. The topological polar surface area (TPSA) is 12.0 Å². The molecule has 0 aliphatic carbocycles. The zero-order chi connectivity index (χ0) is 14.8. The number of aryl methyl sites for hydroxylation is 1. The Morgan fingerprint density at radius 1 is 1.00 bits per heavy atom. The van der Waals surface area contributed by atoms with E-state index in [0.29, 0.717) is 5.56 Å². The molecule has 1 atom stereocenters. The van der Waals surface area contributed by atoms with Crippen LogP contribution in [-0.4, -0.2) is 6.18 Å². The molecular formula is C15H13F4N. The maximum Gasteiger partial charge on any atom is 0.412 e. The van der Waals surface area contributed by atoms with Gasteiger partial charge in [0.15, 0.2) is 0 Å². The Kier molecular flexibility index (Phi) is 3.97. The molecule has 0 bridgehead atoms. The molecule has 0 aliphatic heterocycles. The predicted octanol–water partition coefficient (Wildman–Crippen LogP) is 4.85. The van der Waals surface area contributed by atoms with Crippen LogP contribution in [0.1, 0.15) is 17.2 Å². The maximum absolute atomic E-state index is 13.3. The molecule has 0 amide bonds. The van der Waals surface area contributed by atoms with Gasteiger partial charge < -0.3 is 5.32 Å². The quantitative estimate of drug-likeness (QED) is 0.794. The lowest BCUT2D eigenvalue weighted by molar-refractivity contribution is -0.144. The average molecular weight is 283 g/mol. The number of nitrogens with one attached hydrogen (secondary N) is 1. The number of anilines is 1. The highest BCUT2D eigenvalue weighted by atomic mass is 19.4. The van der Waals surface area contributed by atoms with Crippen molar-refractivity contribution in [2.45, 2.75) is 19.1 Å². The van der Waals surface area contributed by atoms with E-state index in [-0.39, 0.29) is 11.3 Å². The first-order valence-corrected chi connectivity index (χ1v) is 6.01. The maximum atomic E-state index is 13.3. The van der Waals surface area contributed by atoms with Crippen LogP contribution in [0.15, 0.2) is 48.5 Å². The third kappa shape index (κ3) is 3.50. The van der Waals surface area contributed by atoms with Gasteiger partial charge in [-0.2, -0.15) is 13.2 Å². The summed E-state index contributed by atoms with van der Waals surface area (Å²) >= 11 is 0. The SMILES string of the molecule is Cc1cc(F)cc(NC(c2ccccc2)C(F)(F)F)c1. The van der Waals surface area contributed by atoms with Crippen molar-refractivity contribution in [3.8, 4) is 0 Å². The van der Waals surface area contributed by atoms with E-state index in [1.165, 1.54) is 36.4 Å². The van der Waals surface area contributed by atoms with Gasteiger partial charge in [-0.05, 0) is 36.2 Å². The summed E-state index contributed by atoms with van der Waals surface area (Å²) in [7, 11) is 0. The molecule has 0 saturated heterocycles. The number of rotatable bonds is 3. The van der Waals surface area contributed by atoms with Crippen molar-refractivity contribution in [1.82, 2.24) is 0 Å². The van der Waals surface area contributed by atoms with Crippen molar-refractivity contribution in [3.05, 3.63) is 65.5 Å². The van der Waals surface area contributed by atoms with Crippen LogP contribution in [0.5, 0.6) is 0 Å². The van der Waals surface area contributed by atoms with Crippen molar-refractivity contribution >= 4 is 5.69 Å². The Bertz CT molecular complexity index is 558. The standard InChI is InChI=1S/C15H13F4N/c1-10-7-12(16)9-13(8-10)20-14(15(17,18)19)11-5-3-2-4-6-11/h2-9,14,20H,1H3. The zero-order valence-electron chi connectivity index (χ0n) is 10.7. The monoisotopic (exact) mass is 283 g/mol. The van der Waals surface area contributed by atoms with Gasteiger partial charge in [-0.25, -0.2) is 4.39 Å². The summed E-state index contributed by atoms with van der Waals surface area (Å²) in [4.78, 5) is 0. The molecule has 106 valence electrons. The molecule has 1 unspecified atom stereocenters. The zero-order valence-corrected chi connectivity index (χ0v) is 10.7. The Morgan fingerprint density at radius 3 is 2.20 bits per heavy atom. The first-order chi connectivity index (χ1) is 9.36. The lowest BCUT2D eigenvalue weighted by atomic mass is 10.1. The summed E-state index contributed by atoms with van der Waals surface area (Å²) in [6.07, 6.45) is -4.47. The van der Waals surface area contributed by atoms with Crippen molar-refractivity contribution in [3.63, 3.8) is 0 Å². The first-order valence-electron chi connectivity index (χ1n) is 6.01. The van der Waals surface area contributed by atoms with E-state index >= 15 is 0 Å². The van der Waals surface area contributed by atoms with Gasteiger partial charge in [-0.15, -0.1) is 0 Å². The Balaban J connectivity index is 2.34. The summed E-state index contributed by atoms with van der Waals surface area (Å²) in [6, 6.07) is 9.40. The van der Waals surface area contributed by atoms with Gasteiger partial charge in [0.2, 0.25) is 0 Å². The molecule has 0 aliphatic rings. The highest BCUT2D eigenvalue weighted by Gasteiger charge is 2.40. The van der Waals surface area contributed by atoms with Crippen LogP contribution < -0.4 is 5.32 Å². The summed E-state index contributed by atoms with van der Waals surface area (Å²) in [5.41, 5.74) is 0.747. The van der Waals surface area contributed by atoms with Crippen LogP contribution in [-0.2, 0) is 0 Å². The van der Waals surface area contributed by atoms with Gasteiger partial charge in [0.05, 0.1) is 0 Å². The van der Waals surface area contributed by atoms with Gasteiger partial charge in [0.1, 0.15) is 11.9 Å².